The number of esters is 2. The molecule has 9 nitrogen and oxygen atoms in total. The van der Waals surface area contributed by atoms with Gasteiger partial charge in [0, 0.05) is 30.6 Å². The van der Waals surface area contributed by atoms with Crippen LogP contribution in [0.5, 0.6) is 0 Å². The van der Waals surface area contributed by atoms with Crippen molar-refractivity contribution in [3.05, 3.63) is 58.4 Å². The summed E-state index contributed by atoms with van der Waals surface area (Å²) in [5.74, 6) is -2.16. The molecule has 0 aliphatic rings. The summed E-state index contributed by atoms with van der Waals surface area (Å²) >= 11 is 0. The number of rotatable bonds is 12. The fourth-order valence-corrected chi connectivity index (χ4v) is 3.41. The summed E-state index contributed by atoms with van der Waals surface area (Å²) in [5, 5.41) is 2.56. The van der Waals surface area contributed by atoms with Gasteiger partial charge in [0.05, 0.1) is 24.3 Å². The van der Waals surface area contributed by atoms with Gasteiger partial charge in [0.15, 0.2) is 11.9 Å². The van der Waals surface area contributed by atoms with Crippen LogP contribution < -0.4 is 5.32 Å². The number of hydrogen-bond acceptors (Lipinski definition) is 7. The van der Waals surface area contributed by atoms with E-state index in [1.807, 2.05) is 0 Å². The van der Waals surface area contributed by atoms with Gasteiger partial charge in [-0.1, -0.05) is 30.3 Å². The zero-order chi connectivity index (χ0) is 25.3. The second kappa shape index (κ2) is 12.5. The van der Waals surface area contributed by atoms with Crippen LogP contribution in [0.1, 0.15) is 75.6 Å². The fourth-order valence-electron chi connectivity index (χ4n) is 3.41. The lowest BCUT2D eigenvalue weighted by Crippen LogP contribution is -2.29. The van der Waals surface area contributed by atoms with Crippen molar-refractivity contribution < 1.29 is 33.4 Å². The smallest absolute Gasteiger partial charge is 0.340 e. The number of H-pyrrole nitrogens is 1. The molecule has 1 aromatic carbocycles. The molecule has 0 bridgehead atoms. The molecule has 1 atom stereocenters. The number of ether oxygens (including phenoxy) is 2. The van der Waals surface area contributed by atoms with E-state index in [0.29, 0.717) is 16.8 Å². The minimum absolute atomic E-state index is 0.00587. The summed E-state index contributed by atoms with van der Waals surface area (Å²) in [7, 11) is 0. The molecule has 2 rings (SSSR count). The van der Waals surface area contributed by atoms with Crippen molar-refractivity contribution in [2.45, 2.75) is 53.1 Å². The molecule has 0 aliphatic heterocycles. The molecule has 1 unspecified atom stereocenters. The molecule has 2 aromatic rings. The van der Waals surface area contributed by atoms with Gasteiger partial charge in [0.25, 0.3) is 0 Å². The molecule has 9 heteroatoms. The van der Waals surface area contributed by atoms with Crippen molar-refractivity contribution in [3.8, 4) is 0 Å². The summed E-state index contributed by atoms with van der Waals surface area (Å²) in [6.45, 7) is 6.63. The summed E-state index contributed by atoms with van der Waals surface area (Å²) in [6, 6.07) is 8.68. The van der Waals surface area contributed by atoms with Crippen molar-refractivity contribution in [2.75, 3.05) is 13.2 Å². The lowest BCUT2D eigenvalue weighted by atomic mass is 10.1. The minimum Gasteiger partial charge on any atom is -0.462 e. The normalized spacial score (nSPS) is 11.4. The van der Waals surface area contributed by atoms with Crippen LogP contribution in [-0.4, -0.2) is 53.7 Å². The average molecular weight is 471 g/mol. The van der Waals surface area contributed by atoms with Gasteiger partial charge >= 0.3 is 11.9 Å². The van der Waals surface area contributed by atoms with Gasteiger partial charge in [-0.15, -0.1) is 0 Å². The Morgan fingerprint density at radius 3 is 2.32 bits per heavy atom. The van der Waals surface area contributed by atoms with Crippen molar-refractivity contribution in [1.82, 2.24) is 10.3 Å². The third-order valence-electron chi connectivity index (χ3n) is 5.17. The monoisotopic (exact) mass is 470 g/mol. The predicted molar refractivity (Wildman–Crippen MR) is 124 cm³/mol. The number of aromatic amines is 1. The molecular weight excluding hydrogens is 440 g/mol. The third kappa shape index (κ3) is 7.13. The van der Waals surface area contributed by atoms with Gasteiger partial charge in [0.2, 0.25) is 11.7 Å². The zero-order valence-electron chi connectivity index (χ0n) is 19.9. The van der Waals surface area contributed by atoms with Crippen LogP contribution in [0.4, 0.5) is 0 Å². The average Bonchev–Trinajstić information content (AvgIpc) is 3.11. The Morgan fingerprint density at radius 2 is 1.68 bits per heavy atom. The lowest BCUT2D eigenvalue weighted by Gasteiger charge is -2.12. The van der Waals surface area contributed by atoms with Crippen LogP contribution in [0.25, 0.3) is 0 Å². The van der Waals surface area contributed by atoms with Crippen LogP contribution in [-0.2, 0) is 19.1 Å². The molecule has 0 aliphatic carbocycles. The number of carbonyl (C=O) groups is 5. The molecule has 0 fully saturated rings. The predicted octanol–water partition coefficient (Wildman–Crippen LogP) is 3.09. The molecular formula is C25H30N2O7. The van der Waals surface area contributed by atoms with Crippen LogP contribution >= 0.6 is 0 Å². The third-order valence-corrected chi connectivity index (χ3v) is 5.17. The highest BCUT2D eigenvalue weighted by atomic mass is 16.5. The summed E-state index contributed by atoms with van der Waals surface area (Å²) < 4.78 is 10.2. The second-order valence-corrected chi connectivity index (χ2v) is 7.73. The Labute approximate surface area is 198 Å². The standard InChI is InChI=1S/C25H30N2O7/c1-5-33-25(32)22-15(2)23(27-16(22)3)24(31)17(4)34-21(30)13-14-26-20(29)12-11-19(28)18-9-7-6-8-10-18/h6-10,17,27H,5,11-14H2,1-4H3,(H,26,29). The highest BCUT2D eigenvalue weighted by molar-refractivity contribution is 6.04. The highest BCUT2D eigenvalue weighted by Gasteiger charge is 2.27. The lowest BCUT2D eigenvalue weighted by molar-refractivity contribution is -0.146. The molecule has 0 saturated heterocycles. The van der Waals surface area contributed by atoms with Crippen LogP contribution in [0, 0.1) is 13.8 Å². The number of amides is 1. The Balaban J connectivity index is 1.79. The molecule has 0 spiro atoms. The minimum atomic E-state index is -1.08. The van der Waals surface area contributed by atoms with E-state index < -0.39 is 23.8 Å². The van der Waals surface area contributed by atoms with Crippen LogP contribution in [0.15, 0.2) is 30.3 Å². The summed E-state index contributed by atoms with van der Waals surface area (Å²) in [4.78, 5) is 63.8. The first kappa shape index (κ1) is 26.5. The van der Waals surface area contributed by atoms with Gasteiger partial charge in [-0.3, -0.25) is 19.2 Å². The number of ketones is 2. The first-order chi connectivity index (χ1) is 16.1. The van der Waals surface area contributed by atoms with E-state index in [0.717, 1.165) is 0 Å². The van der Waals surface area contributed by atoms with E-state index in [1.165, 1.54) is 6.92 Å². The number of carbonyl (C=O) groups excluding carboxylic acids is 5. The fraction of sp³-hybridized carbons (Fsp3) is 0.400. The number of benzene rings is 1. The largest absolute Gasteiger partial charge is 0.462 e. The first-order valence-corrected chi connectivity index (χ1v) is 11.1. The van der Waals surface area contributed by atoms with Crippen molar-refractivity contribution in [2.24, 2.45) is 0 Å². The van der Waals surface area contributed by atoms with E-state index in [2.05, 4.69) is 10.3 Å². The maximum absolute atomic E-state index is 12.7. The van der Waals surface area contributed by atoms with E-state index in [1.54, 1.807) is 51.1 Å². The summed E-state index contributed by atoms with van der Waals surface area (Å²) in [6.07, 6.45) is -1.15. The molecule has 0 radical (unpaired) electrons. The van der Waals surface area contributed by atoms with E-state index in [4.69, 9.17) is 9.47 Å². The molecule has 182 valence electrons. The van der Waals surface area contributed by atoms with E-state index >= 15 is 0 Å². The maximum atomic E-state index is 12.7. The van der Waals surface area contributed by atoms with Gasteiger partial charge in [-0.05, 0) is 33.3 Å². The van der Waals surface area contributed by atoms with Gasteiger partial charge < -0.3 is 19.8 Å². The summed E-state index contributed by atoms with van der Waals surface area (Å²) in [5.41, 5.74) is 1.93. The van der Waals surface area contributed by atoms with Gasteiger partial charge in [0.1, 0.15) is 0 Å². The van der Waals surface area contributed by atoms with Crippen molar-refractivity contribution >= 4 is 29.4 Å². The maximum Gasteiger partial charge on any atom is 0.340 e. The molecule has 0 saturated carbocycles. The SMILES string of the molecule is CCOC(=O)c1c(C)[nH]c(C(=O)C(C)OC(=O)CCNC(=O)CCC(=O)c2ccccc2)c1C. The van der Waals surface area contributed by atoms with E-state index in [9.17, 15) is 24.0 Å². The number of Topliss-reactive ketones (excluding diaryl/α,β-unsaturated/α-hetero) is 2. The molecule has 34 heavy (non-hydrogen) atoms. The van der Waals surface area contributed by atoms with Crippen LogP contribution in [0.2, 0.25) is 0 Å². The van der Waals surface area contributed by atoms with Gasteiger partial charge in [-0.2, -0.15) is 0 Å². The highest BCUT2D eigenvalue weighted by Crippen LogP contribution is 2.21. The first-order valence-electron chi connectivity index (χ1n) is 11.1. The number of aromatic nitrogens is 1. The molecule has 1 heterocycles. The Bertz CT molecular complexity index is 1060. The molecule has 2 N–H and O–H groups in total. The molecule has 1 amide bonds. The van der Waals surface area contributed by atoms with Crippen molar-refractivity contribution in [1.29, 1.82) is 0 Å². The Kier molecular flexibility index (Phi) is 9.73. The van der Waals surface area contributed by atoms with Gasteiger partial charge in [-0.25, -0.2) is 4.79 Å². The second-order valence-electron chi connectivity index (χ2n) is 7.73. The topological polar surface area (TPSA) is 132 Å². The number of nitrogens with one attached hydrogen (secondary N) is 2. The van der Waals surface area contributed by atoms with Crippen molar-refractivity contribution in [3.63, 3.8) is 0 Å². The zero-order valence-corrected chi connectivity index (χ0v) is 19.9. The molecule has 1 aromatic heterocycles. The Hall–Kier alpha value is -3.75. The number of hydrogen-bond donors (Lipinski definition) is 2. The number of aryl methyl sites for hydroxylation is 1. The van der Waals surface area contributed by atoms with Crippen LogP contribution in [0.3, 0.4) is 0 Å². The quantitative estimate of drug-likeness (QED) is 0.360. The Morgan fingerprint density at radius 1 is 1.00 bits per heavy atom. The van der Waals surface area contributed by atoms with E-state index in [-0.39, 0.29) is 55.4 Å².